The second kappa shape index (κ2) is 5.48. The van der Waals surface area contributed by atoms with E-state index in [0.29, 0.717) is 6.54 Å². The van der Waals surface area contributed by atoms with Crippen molar-refractivity contribution in [2.45, 2.75) is 39.2 Å². The van der Waals surface area contributed by atoms with Crippen LogP contribution in [-0.4, -0.2) is 33.4 Å². The van der Waals surface area contributed by atoms with Gasteiger partial charge in [-0.1, -0.05) is 0 Å². The minimum absolute atomic E-state index is 0.384. The molecule has 0 bridgehead atoms. The van der Waals surface area contributed by atoms with E-state index in [1.54, 1.807) is 0 Å². The first-order valence-corrected chi connectivity index (χ1v) is 5.28. The van der Waals surface area contributed by atoms with Crippen LogP contribution in [0.1, 0.15) is 33.0 Å². The second-order valence-corrected chi connectivity index (χ2v) is 4.46. The van der Waals surface area contributed by atoms with E-state index in [4.69, 9.17) is 4.74 Å². The van der Waals surface area contributed by atoms with Crippen molar-refractivity contribution in [2.24, 2.45) is 0 Å². The Labute approximate surface area is 94.8 Å². The zero-order valence-electron chi connectivity index (χ0n) is 9.91. The number of hydrogen-bond acceptors (Lipinski definition) is 4. The fourth-order valence-corrected chi connectivity index (χ4v) is 1.11. The molecular weight excluding hydrogens is 208 g/mol. The average molecular weight is 226 g/mol. The molecule has 1 aromatic rings. The molecule has 2 N–H and O–H groups in total. The van der Waals surface area contributed by atoms with E-state index < -0.39 is 5.60 Å². The molecule has 0 spiro atoms. The lowest BCUT2D eigenvalue weighted by molar-refractivity contribution is 0.0527. The number of nitrogens with zero attached hydrogens (tertiary/aromatic N) is 2. The molecule has 6 nitrogen and oxygen atoms in total. The number of ether oxygens (including phenoxy) is 1. The Morgan fingerprint density at radius 2 is 2.31 bits per heavy atom. The van der Waals surface area contributed by atoms with E-state index in [-0.39, 0.29) is 6.09 Å². The van der Waals surface area contributed by atoms with Gasteiger partial charge in [0, 0.05) is 13.0 Å². The smallest absolute Gasteiger partial charge is 0.407 e. The molecule has 0 aromatic carbocycles. The molecule has 1 heterocycles. The summed E-state index contributed by atoms with van der Waals surface area (Å²) in [5, 5.41) is 9.17. The van der Waals surface area contributed by atoms with Crippen LogP contribution >= 0.6 is 0 Å². The Kier molecular flexibility index (Phi) is 4.28. The number of carbonyl (C=O) groups excluding carboxylic acids is 1. The molecule has 0 aliphatic rings. The van der Waals surface area contributed by atoms with Crippen molar-refractivity contribution in [3.63, 3.8) is 0 Å². The van der Waals surface area contributed by atoms with E-state index in [1.807, 2.05) is 20.8 Å². The molecule has 1 aromatic heterocycles. The fraction of sp³-hybridized carbons (Fsp3) is 0.700. The highest BCUT2D eigenvalue weighted by atomic mass is 16.6. The van der Waals surface area contributed by atoms with Crippen LogP contribution in [0.2, 0.25) is 0 Å². The lowest BCUT2D eigenvalue weighted by atomic mass is 10.2. The molecule has 1 amide bonds. The molecule has 90 valence electrons. The molecular formula is C10H18N4O2. The Morgan fingerprint density at radius 3 is 2.88 bits per heavy atom. The van der Waals surface area contributed by atoms with Crippen LogP contribution in [-0.2, 0) is 11.2 Å². The zero-order chi connectivity index (χ0) is 12.0. The van der Waals surface area contributed by atoms with Crippen molar-refractivity contribution >= 4 is 6.09 Å². The third kappa shape index (κ3) is 5.33. The molecule has 0 fully saturated rings. The number of aromatic nitrogens is 3. The summed E-state index contributed by atoms with van der Waals surface area (Å²) < 4.78 is 5.09. The molecule has 0 aliphatic carbocycles. The fourth-order valence-electron chi connectivity index (χ4n) is 1.11. The van der Waals surface area contributed by atoms with Crippen LogP contribution in [0, 0.1) is 0 Å². The quantitative estimate of drug-likeness (QED) is 0.757. The van der Waals surface area contributed by atoms with Crippen LogP contribution in [0.25, 0.3) is 0 Å². The van der Waals surface area contributed by atoms with Crippen LogP contribution in [0.4, 0.5) is 4.79 Å². The van der Waals surface area contributed by atoms with Gasteiger partial charge < -0.3 is 10.1 Å². The van der Waals surface area contributed by atoms with Gasteiger partial charge in [0.2, 0.25) is 0 Å². The van der Waals surface area contributed by atoms with Gasteiger partial charge in [0.1, 0.15) is 17.8 Å². The van der Waals surface area contributed by atoms with E-state index >= 15 is 0 Å². The zero-order valence-corrected chi connectivity index (χ0v) is 9.91. The molecule has 0 saturated heterocycles. The predicted molar refractivity (Wildman–Crippen MR) is 58.9 cm³/mol. The van der Waals surface area contributed by atoms with E-state index in [9.17, 15) is 4.79 Å². The Morgan fingerprint density at radius 1 is 1.56 bits per heavy atom. The van der Waals surface area contributed by atoms with E-state index in [1.165, 1.54) is 6.33 Å². The molecule has 0 radical (unpaired) electrons. The number of H-pyrrole nitrogens is 1. The highest BCUT2D eigenvalue weighted by Crippen LogP contribution is 2.06. The molecule has 16 heavy (non-hydrogen) atoms. The summed E-state index contributed by atoms with van der Waals surface area (Å²) in [4.78, 5) is 15.2. The summed E-state index contributed by atoms with van der Waals surface area (Å²) in [7, 11) is 0. The summed E-state index contributed by atoms with van der Waals surface area (Å²) in [6.45, 7) is 6.07. The van der Waals surface area contributed by atoms with Crippen LogP contribution < -0.4 is 5.32 Å². The number of nitrogens with one attached hydrogen (secondary N) is 2. The van der Waals surface area contributed by atoms with Crippen molar-refractivity contribution in [2.75, 3.05) is 6.54 Å². The summed E-state index contributed by atoms with van der Waals surface area (Å²) in [6.07, 6.45) is 2.64. The summed E-state index contributed by atoms with van der Waals surface area (Å²) in [6, 6.07) is 0. The van der Waals surface area contributed by atoms with E-state index in [0.717, 1.165) is 18.7 Å². The third-order valence-corrected chi connectivity index (χ3v) is 1.72. The Bertz CT molecular complexity index is 316. The van der Waals surface area contributed by atoms with Crippen molar-refractivity contribution in [1.82, 2.24) is 20.5 Å². The lowest BCUT2D eigenvalue weighted by Crippen LogP contribution is -2.33. The first-order chi connectivity index (χ1) is 7.47. The summed E-state index contributed by atoms with van der Waals surface area (Å²) in [5.74, 6) is 0.825. The topological polar surface area (TPSA) is 79.9 Å². The van der Waals surface area contributed by atoms with Gasteiger partial charge in [0.15, 0.2) is 0 Å². The van der Waals surface area contributed by atoms with Crippen LogP contribution in [0.5, 0.6) is 0 Å². The Balaban J connectivity index is 2.09. The maximum absolute atomic E-state index is 11.3. The van der Waals surface area contributed by atoms with Gasteiger partial charge in [-0.25, -0.2) is 9.78 Å². The molecule has 0 unspecified atom stereocenters. The summed E-state index contributed by atoms with van der Waals surface area (Å²) in [5.41, 5.74) is -0.449. The van der Waals surface area contributed by atoms with Gasteiger partial charge in [-0.15, -0.1) is 0 Å². The maximum Gasteiger partial charge on any atom is 0.407 e. The molecule has 0 aliphatic heterocycles. The van der Waals surface area contributed by atoms with Crippen LogP contribution in [0.15, 0.2) is 6.33 Å². The number of rotatable bonds is 4. The normalized spacial score (nSPS) is 11.2. The number of alkyl carbamates (subject to hydrolysis) is 1. The highest BCUT2D eigenvalue weighted by Gasteiger charge is 2.15. The summed E-state index contributed by atoms with van der Waals surface area (Å²) >= 11 is 0. The van der Waals surface area contributed by atoms with Crippen molar-refractivity contribution in [1.29, 1.82) is 0 Å². The SMILES string of the molecule is CC(C)(C)OC(=O)NCCCc1ncn[nH]1. The largest absolute Gasteiger partial charge is 0.444 e. The first-order valence-electron chi connectivity index (χ1n) is 5.28. The van der Waals surface area contributed by atoms with Crippen molar-refractivity contribution in [3.05, 3.63) is 12.2 Å². The van der Waals surface area contributed by atoms with E-state index in [2.05, 4.69) is 20.5 Å². The average Bonchev–Trinajstić information content (AvgIpc) is 2.62. The third-order valence-electron chi connectivity index (χ3n) is 1.72. The highest BCUT2D eigenvalue weighted by molar-refractivity contribution is 5.67. The van der Waals surface area contributed by atoms with Gasteiger partial charge in [-0.2, -0.15) is 5.10 Å². The number of hydrogen-bond donors (Lipinski definition) is 2. The maximum atomic E-state index is 11.3. The van der Waals surface area contributed by atoms with Crippen molar-refractivity contribution < 1.29 is 9.53 Å². The lowest BCUT2D eigenvalue weighted by Gasteiger charge is -2.19. The number of aryl methyl sites for hydroxylation is 1. The number of amides is 1. The van der Waals surface area contributed by atoms with Gasteiger partial charge in [-0.3, -0.25) is 5.10 Å². The predicted octanol–water partition coefficient (Wildman–Crippen LogP) is 1.26. The molecule has 1 rings (SSSR count). The number of aromatic amines is 1. The van der Waals surface area contributed by atoms with Crippen LogP contribution in [0.3, 0.4) is 0 Å². The van der Waals surface area contributed by atoms with Crippen molar-refractivity contribution in [3.8, 4) is 0 Å². The minimum atomic E-state index is -0.449. The monoisotopic (exact) mass is 226 g/mol. The molecule has 0 saturated carbocycles. The minimum Gasteiger partial charge on any atom is -0.444 e. The second-order valence-electron chi connectivity index (χ2n) is 4.46. The Hall–Kier alpha value is -1.59. The number of carbonyl (C=O) groups is 1. The van der Waals surface area contributed by atoms with Gasteiger partial charge in [0.05, 0.1) is 0 Å². The van der Waals surface area contributed by atoms with Gasteiger partial charge in [0.25, 0.3) is 0 Å². The van der Waals surface area contributed by atoms with Gasteiger partial charge in [-0.05, 0) is 27.2 Å². The molecule has 0 atom stereocenters. The standard InChI is InChI=1S/C10H18N4O2/c1-10(2,3)16-9(15)11-6-4-5-8-12-7-13-14-8/h7H,4-6H2,1-3H3,(H,11,15)(H,12,13,14). The van der Waals surface area contributed by atoms with Gasteiger partial charge >= 0.3 is 6.09 Å². The first kappa shape index (κ1) is 12.5. The molecule has 6 heteroatoms.